The fraction of sp³-hybridized carbons (Fsp3) is 1.00. The lowest BCUT2D eigenvalue weighted by Gasteiger charge is -2.64. The topological polar surface area (TPSA) is 102 Å². The number of methoxy groups -OCH3 is 7. The van der Waals surface area contributed by atoms with Gasteiger partial charge >= 0.3 is 0 Å². The molecule has 2 bridgehead atoms. The first kappa shape index (κ1) is 26.2. The molecule has 4 heterocycles. The minimum absolute atomic E-state index is 0.0256. The van der Waals surface area contributed by atoms with Crippen molar-refractivity contribution in [2.75, 3.05) is 69.6 Å². The molecule has 0 aromatic rings. The second-order valence-electron chi connectivity index (χ2n) is 8.38. The van der Waals surface area contributed by atoms with Gasteiger partial charge in [-0.2, -0.15) is 0 Å². The zero-order valence-corrected chi connectivity index (χ0v) is 20.2. The van der Waals surface area contributed by atoms with Crippen molar-refractivity contribution in [3.05, 3.63) is 0 Å². The molecule has 0 aliphatic carbocycles. The van der Waals surface area contributed by atoms with E-state index in [-0.39, 0.29) is 25.2 Å². The Kier molecular flexibility index (Phi) is 8.89. The van der Waals surface area contributed by atoms with Crippen LogP contribution in [0.25, 0.3) is 0 Å². The molecule has 32 heavy (non-hydrogen) atoms. The van der Waals surface area contributed by atoms with Gasteiger partial charge < -0.3 is 52.1 Å². The smallest absolute Gasteiger partial charge is 0.226 e. The van der Waals surface area contributed by atoms with E-state index in [2.05, 4.69) is 0 Å². The van der Waals surface area contributed by atoms with Gasteiger partial charge in [-0.05, 0) is 6.92 Å². The summed E-state index contributed by atoms with van der Waals surface area (Å²) in [5, 5.41) is 0. The summed E-state index contributed by atoms with van der Waals surface area (Å²) in [5.41, 5.74) is 0. The average Bonchev–Trinajstić information content (AvgIpc) is 2.77. The number of hydrogen-bond donors (Lipinski definition) is 0. The Bertz CT molecular complexity index is 594. The highest BCUT2D eigenvalue weighted by atomic mass is 16.9. The van der Waals surface area contributed by atoms with Crippen molar-refractivity contribution in [2.24, 2.45) is 5.92 Å². The first-order valence-electron chi connectivity index (χ1n) is 10.7. The molecule has 4 aliphatic rings. The highest BCUT2D eigenvalue weighted by Gasteiger charge is 2.71. The van der Waals surface area contributed by atoms with Gasteiger partial charge in [0, 0.05) is 49.8 Å². The van der Waals surface area contributed by atoms with Crippen LogP contribution in [0.1, 0.15) is 6.92 Å². The van der Waals surface area contributed by atoms with Crippen LogP contribution in [0, 0.1) is 5.92 Å². The fourth-order valence-electron chi connectivity index (χ4n) is 5.14. The molecular weight excluding hydrogens is 428 g/mol. The number of fused-ring (bicyclic) bond motifs is 2. The molecule has 4 fully saturated rings. The molecule has 0 N–H and O–H groups in total. The maximum absolute atomic E-state index is 6.53. The lowest BCUT2D eigenvalue weighted by molar-refractivity contribution is -0.539. The third-order valence-electron chi connectivity index (χ3n) is 6.55. The highest BCUT2D eigenvalue weighted by molar-refractivity contribution is 5.08. The second kappa shape index (κ2) is 10.9. The monoisotopic (exact) mass is 466 g/mol. The van der Waals surface area contributed by atoms with Gasteiger partial charge in [0.15, 0.2) is 12.1 Å². The van der Waals surface area contributed by atoms with Gasteiger partial charge in [-0.3, -0.25) is 0 Å². The zero-order valence-electron chi connectivity index (χ0n) is 20.2. The number of rotatable bonds is 12. The van der Waals surface area contributed by atoms with E-state index in [4.69, 9.17) is 52.1 Å². The molecular formula is C21H38O11. The average molecular weight is 467 g/mol. The van der Waals surface area contributed by atoms with Crippen LogP contribution in [-0.2, 0) is 52.1 Å². The molecule has 0 saturated carbocycles. The Morgan fingerprint density at radius 1 is 0.750 bits per heavy atom. The predicted octanol–water partition coefficient (Wildman–Crippen LogP) is 0.185. The molecule has 4 aliphatic heterocycles. The van der Waals surface area contributed by atoms with E-state index >= 15 is 0 Å². The predicted molar refractivity (Wildman–Crippen MR) is 109 cm³/mol. The summed E-state index contributed by atoms with van der Waals surface area (Å²) in [4.78, 5) is 0. The van der Waals surface area contributed by atoms with E-state index < -0.39 is 48.4 Å². The van der Waals surface area contributed by atoms with Crippen LogP contribution in [0.3, 0.4) is 0 Å². The van der Waals surface area contributed by atoms with Crippen LogP contribution in [-0.4, -0.2) is 124 Å². The SMILES string of the molecule is COCC1O[C@H](O[C@]2(COC)O[C@]3(C)OC(C2OC)[C@H]3COC)C(OC)C(OC)[C@@H]1OC. The van der Waals surface area contributed by atoms with Crippen molar-refractivity contribution in [3.8, 4) is 0 Å². The van der Waals surface area contributed by atoms with Crippen molar-refractivity contribution in [2.45, 2.75) is 61.4 Å². The first-order chi connectivity index (χ1) is 15.4. The minimum Gasteiger partial charge on any atom is -0.384 e. The Morgan fingerprint density at radius 2 is 1.41 bits per heavy atom. The van der Waals surface area contributed by atoms with E-state index in [1.54, 1.807) is 49.8 Å². The van der Waals surface area contributed by atoms with Gasteiger partial charge in [-0.15, -0.1) is 0 Å². The molecule has 0 spiro atoms. The van der Waals surface area contributed by atoms with Gasteiger partial charge in [0.25, 0.3) is 0 Å². The quantitative estimate of drug-likeness (QED) is 0.394. The minimum atomic E-state index is -1.32. The van der Waals surface area contributed by atoms with Crippen molar-refractivity contribution >= 4 is 0 Å². The third kappa shape index (κ3) is 4.46. The maximum atomic E-state index is 6.53. The van der Waals surface area contributed by atoms with Crippen LogP contribution in [0.5, 0.6) is 0 Å². The fourth-order valence-corrected chi connectivity index (χ4v) is 5.14. The van der Waals surface area contributed by atoms with Gasteiger partial charge in [-0.25, -0.2) is 0 Å². The normalized spacial score (nSPS) is 46.1. The molecule has 0 aromatic heterocycles. The third-order valence-corrected chi connectivity index (χ3v) is 6.55. The van der Waals surface area contributed by atoms with Gasteiger partial charge in [0.05, 0.1) is 19.1 Å². The van der Waals surface area contributed by atoms with E-state index in [1.165, 1.54) is 0 Å². The maximum Gasteiger partial charge on any atom is 0.226 e. The molecule has 11 heteroatoms. The summed E-state index contributed by atoms with van der Waals surface area (Å²) < 4.78 is 64.4. The highest BCUT2D eigenvalue weighted by Crippen LogP contribution is 2.53. The molecule has 10 atom stereocenters. The summed E-state index contributed by atoms with van der Waals surface area (Å²) in [7, 11) is 11.1. The van der Waals surface area contributed by atoms with E-state index in [0.717, 1.165) is 0 Å². The van der Waals surface area contributed by atoms with Gasteiger partial charge in [0.2, 0.25) is 5.79 Å². The van der Waals surface area contributed by atoms with Crippen LogP contribution >= 0.6 is 0 Å². The molecule has 188 valence electrons. The van der Waals surface area contributed by atoms with Crippen molar-refractivity contribution in [3.63, 3.8) is 0 Å². The van der Waals surface area contributed by atoms with Crippen LogP contribution in [0.4, 0.5) is 0 Å². The number of hydrogen-bond acceptors (Lipinski definition) is 11. The molecule has 5 unspecified atom stereocenters. The van der Waals surface area contributed by atoms with E-state index in [1.807, 2.05) is 6.92 Å². The molecule has 0 aromatic carbocycles. The summed E-state index contributed by atoms with van der Waals surface area (Å²) in [6.45, 7) is 2.67. The Morgan fingerprint density at radius 3 is 1.94 bits per heavy atom. The van der Waals surface area contributed by atoms with E-state index in [0.29, 0.717) is 6.61 Å². The summed E-state index contributed by atoms with van der Waals surface area (Å²) >= 11 is 0. The lowest BCUT2D eigenvalue weighted by atomic mass is 9.78. The van der Waals surface area contributed by atoms with Crippen LogP contribution in [0.15, 0.2) is 0 Å². The molecule has 0 radical (unpaired) electrons. The van der Waals surface area contributed by atoms with Gasteiger partial charge in [0.1, 0.15) is 43.2 Å². The first-order valence-corrected chi connectivity index (χ1v) is 10.7. The lowest BCUT2D eigenvalue weighted by Crippen LogP contribution is -2.80. The van der Waals surface area contributed by atoms with Crippen molar-refractivity contribution in [1.29, 1.82) is 0 Å². The summed E-state index contributed by atoms with van der Waals surface area (Å²) in [5.74, 6) is -2.27. The molecule has 4 rings (SSSR count). The zero-order chi connectivity index (χ0) is 23.5. The molecule has 0 amide bonds. The number of ether oxygens (including phenoxy) is 11. The Labute approximate surface area is 189 Å². The van der Waals surface area contributed by atoms with Crippen molar-refractivity contribution in [1.82, 2.24) is 0 Å². The van der Waals surface area contributed by atoms with Crippen molar-refractivity contribution < 1.29 is 52.1 Å². The standard InChI is InChI=1S/C21H38O11/c1-20-12(9-22-2)14(30-20)18(28-8)21(32-20,11-24-4)31-19-17(27-7)16(26-6)15(25-5)13(29-19)10-23-3/h12-19H,9-11H2,1-8H3/t12-,13?,14?,15-,16?,17?,18?,19-,20+,21-/m1/s1. The van der Waals surface area contributed by atoms with E-state index in [9.17, 15) is 0 Å². The van der Waals surface area contributed by atoms with Gasteiger partial charge in [-0.1, -0.05) is 0 Å². The second-order valence-corrected chi connectivity index (χ2v) is 8.38. The molecule has 11 nitrogen and oxygen atoms in total. The van der Waals surface area contributed by atoms with Crippen LogP contribution in [0.2, 0.25) is 0 Å². The Balaban J connectivity index is 1.91. The Hall–Kier alpha value is -0.440. The molecule has 4 saturated heterocycles. The van der Waals surface area contributed by atoms with Crippen LogP contribution < -0.4 is 0 Å². The summed E-state index contributed by atoms with van der Waals surface area (Å²) in [6.07, 6.45) is -3.77. The largest absolute Gasteiger partial charge is 0.384 e. The summed E-state index contributed by atoms with van der Waals surface area (Å²) in [6, 6.07) is 0.